The summed E-state index contributed by atoms with van der Waals surface area (Å²) in [5.41, 5.74) is 3.06. The van der Waals surface area contributed by atoms with Gasteiger partial charge in [-0.3, -0.25) is 10.1 Å². The fourth-order valence-electron chi connectivity index (χ4n) is 3.31. The third-order valence-electron chi connectivity index (χ3n) is 4.93. The van der Waals surface area contributed by atoms with E-state index >= 15 is 0 Å². The van der Waals surface area contributed by atoms with Crippen molar-refractivity contribution in [2.45, 2.75) is 10.1 Å². The molecule has 0 atom stereocenters. The van der Waals surface area contributed by atoms with E-state index in [0.29, 0.717) is 17.3 Å². The van der Waals surface area contributed by atoms with Crippen LogP contribution in [0.2, 0.25) is 0 Å². The summed E-state index contributed by atoms with van der Waals surface area (Å²) in [5.74, 6) is 0.241. The Morgan fingerprint density at radius 1 is 1.07 bits per heavy atom. The molecule has 0 saturated carbocycles. The largest absolute Gasteiger partial charge is 0.278 e. The topological polar surface area (TPSA) is 79.0 Å². The van der Waals surface area contributed by atoms with Crippen LogP contribution in [0.4, 0.5) is 0 Å². The van der Waals surface area contributed by atoms with Gasteiger partial charge in [-0.2, -0.15) is 9.40 Å². The van der Waals surface area contributed by atoms with Gasteiger partial charge >= 0.3 is 0 Å². The highest BCUT2D eigenvalue weighted by atomic mass is 32.2. The molecule has 1 aliphatic rings. The van der Waals surface area contributed by atoms with Crippen LogP contribution in [0.5, 0.6) is 0 Å². The molecule has 3 aromatic heterocycles. The van der Waals surface area contributed by atoms with Crippen LogP contribution in [0.1, 0.15) is 11.5 Å². The maximum atomic E-state index is 12.9. The molecule has 1 N–H and O–H groups in total. The Hall–Kier alpha value is -2.55. The number of nitrogens with zero attached hydrogens (tertiary/aromatic N) is 3. The normalized spacial score (nSPS) is 15.9. The molecule has 8 heteroatoms. The zero-order chi connectivity index (χ0) is 18.4. The van der Waals surface area contributed by atoms with Crippen LogP contribution in [0.15, 0.2) is 65.3 Å². The van der Waals surface area contributed by atoms with Crippen LogP contribution < -0.4 is 0 Å². The van der Waals surface area contributed by atoms with Gasteiger partial charge in [0.05, 0.1) is 11.7 Å². The molecular formula is C19H16N4O2S2. The molecule has 1 aromatic carbocycles. The molecule has 1 fully saturated rings. The van der Waals surface area contributed by atoms with Gasteiger partial charge in [0.25, 0.3) is 10.0 Å². The van der Waals surface area contributed by atoms with E-state index in [1.807, 2.05) is 36.4 Å². The maximum Gasteiger partial charge on any atom is 0.252 e. The van der Waals surface area contributed by atoms with Gasteiger partial charge in [-0.05, 0) is 41.5 Å². The Bertz CT molecular complexity index is 1210. The lowest BCUT2D eigenvalue weighted by molar-refractivity contribution is 0.264. The fraction of sp³-hybridized carbons (Fsp3) is 0.158. The molecular weight excluding hydrogens is 380 g/mol. The van der Waals surface area contributed by atoms with Gasteiger partial charge in [0.2, 0.25) is 0 Å². The standard InChI is InChI=1S/C19H16N4O2S2/c24-27(25,23-11-16(12-23)13-5-7-20-8-6-13)19-4-3-18(26-19)14-1-2-15-10-21-22-17(15)9-14/h1-10,16H,11-12H2,(H,21,22). The summed E-state index contributed by atoms with van der Waals surface area (Å²) in [5, 5.41) is 8.01. The van der Waals surface area contributed by atoms with Gasteiger partial charge in [0.1, 0.15) is 4.21 Å². The van der Waals surface area contributed by atoms with E-state index in [1.165, 1.54) is 11.3 Å². The predicted molar refractivity (Wildman–Crippen MR) is 105 cm³/mol. The highest BCUT2D eigenvalue weighted by molar-refractivity contribution is 7.91. The summed E-state index contributed by atoms with van der Waals surface area (Å²) >= 11 is 1.30. The molecule has 0 amide bonds. The van der Waals surface area contributed by atoms with Crippen LogP contribution >= 0.6 is 11.3 Å². The van der Waals surface area contributed by atoms with Gasteiger partial charge in [-0.25, -0.2) is 8.42 Å². The van der Waals surface area contributed by atoms with E-state index in [9.17, 15) is 8.42 Å². The first-order chi connectivity index (χ1) is 13.1. The van der Waals surface area contributed by atoms with Gasteiger partial charge < -0.3 is 0 Å². The van der Waals surface area contributed by atoms with E-state index in [2.05, 4.69) is 15.2 Å². The average Bonchev–Trinajstić information content (AvgIpc) is 3.30. The zero-order valence-electron chi connectivity index (χ0n) is 14.2. The van der Waals surface area contributed by atoms with Gasteiger partial charge in [-0.15, -0.1) is 11.3 Å². The summed E-state index contributed by atoms with van der Waals surface area (Å²) in [6.45, 7) is 1.03. The maximum absolute atomic E-state index is 12.9. The number of rotatable bonds is 4. The van der Waals surface area contributed by atoms with Crippen molar-refractivity contribution in [3.05, 3.63) is 66.6 Å². The highest BCUT2D eigenvalue weighted by Crippen LogP contribution is 2.37. The number of hydrogen-bond donors (Lipinski definition) is 1. The first kappa shape index (κ1) is 16.6. The number of H-pyrrole nitrogens is 1. The summed E-state index contributed by atoms with van der Waals surface area (Å²) < 4.78 is 27.8. The van der Waals surface area contributed by atoms with Crippen LogP contribution in [0, 0.1) is 0 Å². The lowest BCUT2D eigenvalue weighted by Gasteiger charge is -2.37. The molecule has 4 heterocycles. The van der Waals surface area contributed by atoms with Gasteiger partial charge in [0.15, 0.2) is 0 Å². The first-order valence-corrected chi connectivity index (χ1v) is 10.8. The Morgan fingerprint density at radius 2 is 1.89 bits per heavy atom. The summed E-state index contributed by atoms with van der Waals surface area (Å²) in [6.07, 6.45) is 5.26. The van der Waals surface area contributed by atoms with E-state index in [1.54, 1.807) is 29.0 Å². The predicted octanol–water partition coefficient (Wildman–Crippen LogP) is 3.47. The Labute approximate surface area is 160 Å². The third kappa shape index (κ3) is 2.86. The molecule has 0 spiro atoms. The van der Waals surface area contributed by atoms with E-state index in [4.69, 9.17) is 0 Å². The van der Waals surface area contributed by atoms with Crippen molar-refractivity contribution >= 4 is 32.3 Å². The van der Waals surface area contributed by atoms with Crippen LogP contribution in [-0.4, -0.2) is 41.0 Å². The van der Waals surface area contributed by atoms with Crippen molar-refractivity contribution in [2.24, 2.45) is 0 Å². The average molecular weight is 396 g/mol. The summed E-state index contributed by atoms with van der Waals surface area (Å²) in [6, 6.07) is 13.4. The van der Waals surface area contributed by atoms with Crippen molar-refractivity contribution in [1.29, 1.82) is 0 Å². The van der Waals surface area contributed by atoms with Gasteiger partial charge in [0, 0.05) is 41.7 Å². The van der Waals surface area contributed by atoms with Crippen molar-refractivity contribution in [3.8, 4) is 10.4 Å². The Balaban J connectivity index is 1.37. The number of nitrogens with one attached hydrogen (secondary N) is 1. The molecule has 0 bridgehead atoms. The molecule has 5 rings (SSSR count). The van der Waals surface area contributed by atoms with Crippen molar-refractivity contribution < 1.29 is 8.42 Å². The number of aromatic nitrogens is 3. The third-order valence-corrected chi connectivity index (χ3v) is 8.36. The molecule has 27 heavy (non-hydrogen) atoms. The molecule has 0 unspecified atom stereocenters. The number of benzene rings is 1. The smallest absolute Gasteiger partial charge is 0.252 e. The number of sulfonamides is 1. The molecule has 1 saturated heterocycles. The second-order valence-electron chi connectivity index (χ2n) is 6.59. The lowest BCUT2D eigenvalue weighted by atomic mass is 9.95. The lowest BCUT2D eigenvalue weighted by Crippen LogP contribution is -2.48. The van der Waals surface area contributed by atoms with Crippen LogP contribution in [-0.2, 0) is 10.0 Å². The minimum absolute atomic E-state index is 0.241. The second-order valence-corrected chi connectivity index (χ2v) is 9.84. The quantitative estimate of drug-likeness (QED) is 0.573. The molecule has 6 nitrogen and oxygen atoms in total. The Kier molecular flexibility index (Phi) is 3.85. The van der Waals surface area contributed by atoms with Crippen molar-refractivity contribution in [3.63, 3.8) is 0 Å². The molecule has 4 aromatic rings. The number of thiophene rings is 1. The van der Waals surface area contributed by atoms with E-state index in [-0.39, 0.29) is 5.92 Å². The summed E-state index contributed by atoms with van der Waals surface area (Å²) in [7, 11) is -3.45. The van der Waals surface area contributed by atoms with Crippen molar-refractivity contribution in [1.82, 2.24) is 19.5 Å². The number of hydrogen-bond acceptors (Lipinski definition) is 5. The number of pyridine rings is 1. The molecule has 0 aliphatic carbocycles. The summed E-state index contributed by atoms with van der Waals surface area (Å²) in [4.78, 5) is 4.94. The second kappa shape index (κ2) is 6.26. The molecule has 1 aliphatic heterocycles. The van der Waals surface area contributed by atoms with Gasteiger partial charge in [-0.1, -0.05) is 12.1 Å². The zero-order valence-corrected chi connectivity index (χ0v) is 15.9. The van der Waals surface area contributed by atoms with Crippen molar-refractivity contribution in [2.75, 3.05) is 13.1 Å². The Morgan fingerprint density at radius 3 is 2.70 bits per heavy atom. The van der Waals surface area contributed by atoms with Crippen LogP contribution in [0.25, 0.3) is 21.3 Å². The minimum atomic E-state index is -3.45. The van der Waals surface area contributed by atoms with E-state index in [0.717, 1.165) is 26.9 Å². The SMILES string of the molecule is O=S(=O)(c1ccc(-c2ccc3cn[nH]c3c2)s1)N1CC(c2ccncc2)C1. The van der Waals surface area contributed by atoms with E-state index < -0.39 is 10.0 Å². The highest BCUT2D eigenvalue weighted by Gasteiger charge is 2.38. The monoisotopic (exact) mass is 396 g/mol. The minimum Gasteiger partial charge on any atom is -0.278 e. The van der Waals surface area contributed by atoms with Crippen LogP contribution in [0.3, 0.4) is 0 Å². The molecule has 0 radical (unpaired) electrons. The first-order valence-electron chi connectivity index (χ1n) is 8.55. The molecule has 136 valence electrons. The fourth-order valence-corrected chi connectivity index (χ4v) is 6.30. The number of aromatic amines is 1. The number of fused-ring (bicyclic) bond motifs is 1.